The molecule has 1 N–H and O–H groups in total. The lowest BCUT2D eigenvalue weighted by atomic mass is 9.86. The molecule has 0 aliphatic heterocycles. The Hall–Kier alpha value is -2.69. The summed E-state index contributed by atoms with van der Waals surface area (Å²) in [6.45, 7) is 12.5. The van der Waals surface area contributed by atoms with E-state index < -0.39 is 6.04 Å². The first kappa shape index (κ1) is 25.6. The van der Waals surface area contributed by atoms with Crippen molar-refractivity contribution in [3.05, 3.63) is 71.0 Å². The molecule has 2 atom stereocenters. The van der Waals surface area contributed by atoms with Crippen LogP contribution in [0.5, 0.6) is 0 Å². The summed E-state index contributed by atoms with van der Waals surface area (Å²) < 4.78 is 13.3. The molecule has 2 aromatic carbocycles. The van der Waals surface area contributed by atoms with Crippen molar-refractivity contribution < 1.29 is 14.0 Å². The summed E-state index contributed by atoms with van der Waals surface area (Å²) in [6, 6.07) is 13.8. The zero-order valence-corrected chi connectivity index (χ0v) is 20.2. The fraction of sp³-hybridized carbons (Fsp3) is 0.481. The van der Waals surface area contributed by atoms with E-state index in [-0.39, 0.29) is 35.6 Å². The number of benzene rings is 2. The van der Waals surface area contributed by atoms with Crippen LogP contribution in [0.3, 0.4) is 0 Å². The third kappa shape index (κ3) is 7.47. The van der Waals surface area contributed by atoms with E-state index in [1.807, 2.05) is 13.8 Å². The minimum absolute atomic E-state index is 0.0362. The summed E-state index contributed by atoms with van der Waals surface area (Å²) in [5.41, 5.74) is 3.21. The van der Waals surface area contributed by atoms with E-state index in [4.69, 9.17) is 0 Å². The van der Waals surface area contributed by atoms with Crippen molar-refractivity contribution in [2.75, 3.05) is 0 Å². The number of hydrogen-bond donors (Lipinski definition) is 1. The first-order valence-electron chi connectivity index (χ1n) is 11.4. The number of carbonyl (C=O) groups is 2. The molecule has 0 fully saturated rings. The second-order valence-corrected chi connectivity index (χ2v) is 9.59. The molecule has 0 aromatic heterocycles. The third-order valence-corrected chi connectivity index (χ3v) is 5.88. The van der Waals surface area contributed by atoms with Gasteiger partial charge in [-0.25, -0.2) is 4.39 Å². The van der Waals surface area contributed by atoms with Gasteiger partial charge in [-0.3, -0.25) is 9.59 Å². The summed E-state index contributed by atoms with van der Waals surface area (Å²) >= 11 is 0. The Morgan fingerprint density at radius 3 is 2.06 bits per heavy atom. The van der Waals surface area contributed by atoms with Crippen molar-refractivity contribution in [1.29, 1.82) is 0 Å². The smallest absolute Gasteiger partial charge is 0.242 e. The molecule has 0 unspecified atom stereocenters. The average molecular weight is 441 g/mol. The lowest BCUT2D eigenvalue weighted by Crippen LogP contribution is -2.49. The van der Waals surface area contributed by atoms with E-state index in [0.29, 0.717) is 12.8 Å². The van der Waals surface area contributed by atoms with Crippen LogP contribution in [0.4, 0.5) is 4.39 Å². The number of carbonyl (C=O) groups excluding carboxylic acids is 2. The summed E-state index contributed by atoms with van der Waals surface area (Å²) in [4.78, 5) is 27.5. The van der Waals surface area contributed by atoms with Gasteiger partial charge in [-0.1, -0.05) is 64.1 Å². The van der Waals surface area contributed by atoms with E-state index in [1.165, 1.54) is 17.7 Å². The maximum absolute atomic E-state index is 13.3. The number of rotatable bonds is 9. The van der Waals surface area contributed by atoms with Crippen LogP contribution < -0.4 is 5.32 Å². The maximum Gasteiger partial charge on any atom is 0.242 e. The number of nitrogens with one attached hydrogen (secondary N) is 1. The van der Waals surface area contributed by atoms with Gasteiger partial charge in [0.2, 0.25) is 11.8 Å². The quantitative estimate of drug-likeness (QED) is 0.568. The van der Waals surface area contributed by atoms with E-state index in [1.54, 1.807) is 24.0 Å². The zero-order valence-electron chi connectivity index (χ0n) is 20.2. The van der Waals surface area contributed by atoms with Gasteiger partial charge in [0.05, 0.1) is 0 Å². The summed E-state index contributed by atoms with van der Waals surface area (Å²) in [5, 5.41) is 2.96. The highest BCUT2D eigenvalue weighted by atomic mass is 19.1. The normalized spacial score (nSPS) is 13.3. The summed E-state index contributed by atoms with van der Waals surface area (Å²) in [7, 11) is 0. The van der Waals surface area contributed by atoms with Crippen LogP contribution in [0.1, 0.15) is 71.1 Å². The van der Waals surface area contributed by atoms with Crippen molar-refractivity contribution in [1.82, 2.24) is 10.2 Å². The van der Waals surface area contributed by atoms with Crippen LogP contribution >= 0.6 is 0 Å². The van der Waals surface area contributed by atoms with Crippen molar-refractivity contribution in [2.24, 2.45) is 0 Å². The van der Waals surface area contributed by atoms with Crippen molar-refractivity contribution in [3.63, 3.8) is 0 Å². The Morgan fingerprint density at radius 2 is 1.53 bits per heavy atom. The maximum atomic E-state index is 13.3. The Labute approximate surface area is 192 Å². The third-order valence-electron chi connectivity index (χ3n) is 5.88. The molecular formula is C27H37FN2O2. The molecule has 0 spiro atoms. The Balaban J connectivity index is 2.13. The standard InChI is InChI=1S/C27H37FN2O2/c1-7-19(2)29-26(32)20(3)30(18-22-10-15-24(28)16-11-22)25(31)17-12-21-8-13-23(14-9-21)27(4,5)6/h8-11,13-16,19-20H,7,12,17-18H2,1-6H3,(H,29,32)/t19-,20-/m0/s1. The van der Waals surface area contributed by atoms with Crippen LogP contribution in [-0.2, 0) is 28.0 Å². The molecule has 2 amide bonds. The number of aryl methyl sites for hydroxylation is 1. The van der Waals surface area contributed by atoms with Gasteiger partial charge in [-0.05, 0) is 60.9 Å². The van der Waals surface area contributed by atoms with Gasteiger partial charge in [-0.15, -0.1) is 0 Å². The first-order valence-corrected chi connectivity index (χ1v) is 11.4. The minimum Gasteiger partial charge on any atom is -0.352 e. The molecule has 4 nitrogen and oxygen atoms in total. The predicted octanol–water partition coefficient (Wildman–Crippen LogP) is 5.39. The topological polar surface area (TPSA) is 49.4 Å². The van der Waals surface area contributed by atoms with E-state index >= 15 is 0 Å². The molecule has 0 saturated heterocycles. The number of halogens is 1. The molecule has 32 heavy (non-hydrogen) atoms. The van der Waals surface area contributed by atoms with Gasteiger partial charge >= 0.3 is 0 Å². The van der Waals surface area contributed by atoms with Crippen molar-refractivity contribution >= 4 is 11.8 Å². The van der Waals surface area contributed by atoms with Crippen LogP contribution in [-0.4, -0.2) is 28.8 Å². The molecule has 0 bridgehead atoms. The molecule has 2 rings (SSSR count). The average Bonchev–Trinajstić information content (AvgIpc) is 2.76. The lowest BCUT2D eigenvalue weighted by Gasteiger charge is -2.30. The molecule has 2 aromatic rings. The van der Waals surface area contributed by atoms with Gasteiger partial charge in [0, 0.05) is 19.0 Å². The van der Waals surface area contributed by atoms with Gasteiger partial charge < -0.3 is 10.2 Å². The van der Waals surface area contributed by atoms with Crippen LogP contribution in [0.25, 0.3) is 0 Å². The van der Waals surface area contributed by atoms with E-state index in [0.717, 1.165) is 17.5 Å². The SMILES string of the molecule is CC[C@H](C)NC(=O)[C@H](C)N(Cc1ccc(F)cc1)C(=O)CCc1ccc(C(C)(C)C)cc1. The van der Waals surface area contributed by atoms with Crippen LogP contribution in [0.15, 0.2) is 48.5 Å². The Morgan fingerprint density at radius 1 is 0.969 bits per heavy atom. The number of amides is 2. The molecule has 0 radical (unpaired) electrons. The lowest BCUT2D eigenvalue weighted by molar-refractivity contribution is -0.140. The first-order chi connectivity index (χ1) is 15.0. The van der Waals surface area contributed by atoms with Gasteiger partial charge in [0.25, 0.3) is 0 Å². The molecule has 0 aliphatic rings. The Bertz CT molecular complexity index is 885. The molecule has 0 heterocycles. The fourth-order valence-corrected chi connectivity index (χ4v) is 3.40. The molecule has 0 saturated carbocycles. The number of hydrogen-bond acceptors (Lipinski definition) is 2. The minimum atomic E-state index is -0.621. The number of nitrogens with zero attached hydrogens (tertiary/aromatic N) is 1. The monoisotopic (exact) mass is 440 g/mol. The fourth-order valence-electron chi connectivity index (χ4n) is 3.40. The van der Waals surface area contributed by atoms with Gasteiger partial charge in [0.15, 0.2) is 0 Å². The van der Waals surface area contributed by atoms with Gasteiger partial charge in [0.1, 0.15) is 11.9 Å². The zero-order chi connectivity index (χ0) is 23.9. The summed E-state index contributed by atoms with van der Waals surface area (Å²) in [6.07, 6.45) is 1.72. The highest BCUT2D eigenvalue weighted by Gasteiger charge is 2.26. The van der Waals surface area contributed by atoms with Crippen molar-refractivity contribution in [3.8, 4) is 0 Å². The molecule has 5 heteroatoms. The molecule has 174 valence electrons. The van der Waals surface area contributed by atoms with E-state index in [9.17, 15) is 14.0 Å². The van der Waals surface area contributed by atoms with Crippen LogP contribution in [0.2, 0.25) is 0 Å². The predicted molar refractivity (Wildman–Crippen MR) is 128 cm³/mol. The second-order valence-electron chi connectivity index (χ2n) is 9.59. The van der Waals surface area contributed by atoms with Gasteiger partial charge in [-0.2, -0.15) is 0 Å². The summed E-state index contributed by atoms with van der Waals surface area (Å²) in [5.74, 6) is -0.599. The van der Waals surface area contributed by atoms with Crippen molar-refractivity contribution in [2.45, 2.75) is 84.8 Å². The molecule has 0 aliphatic carbocycles. The highest BCUT2D eigenvalue weighted by molar-refractivity contribution is 5.87. The van der Waals surface area contributed by atoms with E-state index in [2.05, 4.69) is 50.4 Å². The second kappa shape index (κ2) is 11.3. The Kier molecular flexibility index (Phi) is 8.99. The largest absolute Gasteiger partial charge is 0.352 e. The van der Waals surface area contributed by atoms with Crippen LogP contribution in [0, 0.1) is 5.82 Å². The highest BCUT2D eigenvalue weighted by Crippen LogP contribution is 2.22. The molecular weight excluding hydrogens is 403 g/mol.